The molecule has 2 heterocycles. The van der Waals surface area contributed by atoms with E-state index in [0.717, 1.165) is 10.2 Å². The Morgan fingerprint density at radius 3 is 2.79 bits per heavy atom. The van der Waals surface area contributed by atoms with Gasteiger partial charge < -0.3 is 5.11 Å². The number of rotatable bonds is 2. The minimum atomic E-state index is -0.976. The van der Waals surface area contributed by atoms with Gasteiger partial charge in [-0.25, -0.2) is 4.98 Å². The van der Waals surface area contributed by atoms with Crippen LogP contribution in [-0.4, -0.2) is 10.1 Å². The fourth-order valence-corrected chi connectivity index (χ4v) is 3.24. The molecule has 0 aliphatic heterocycles. The third-order valence-electron chi connectivity index (χ3n) is 1.98. The molecule has 5 heteroatoms. The van der Waals surface area contributed by atoms with Gasteiger partial charge in [-0.3, -0.25) is 0 Å². The zero-order chi connectivity index (χ0) is 10.2. The Hall–Kier alpha value is -0.230. The molecule has 0 aromatic carbocycles. The lowest BCUT2D eigenvalue weighted by Gasteiger charge is -2.18. The average Bonchev–Trinajstić information content (AvgIpc) is 2.72. The van der Waals surface area contributed by atoms with Crippen LogP contribution < -0.4 is 0 Å². The quantitative estimate of drug-likeness (QED) is 0.921. The summed E-state index contributed by atoms with van der Waals surface area (Å²) >= 11 is 6.30. The number of hydrogen-bond donors (Lipinski definition) is 1. The van der Waals surface area contributed by atoms with Crippen LogP contribution in [0.4, 0.5) is 0 Å². The number of aliphatic hydroxyl groups is 1. The third-order valence-corrected chi connectivity index (χ3v) is 4.42. The second-order valence-electron chi connectivity index (χ2n) is 3.06. The SMILES string of the molecule is CC(O)(c1ccsc1)c1nc(Br)cs1. The molecule has 0 saturated heterocycles. The Bertz CT molecular complexity index is 422. The van der Waals surface area contributed by atoms with E-state index in [1.165, 1.54) is 11.3 Å². The summed E-state index contributed by atoms with van der Waals surface area (Å²) in [6.45, 7) is 1.76. The molecule has 0 saturated carbocycles. The van der Waals surface area contributed by atoms with Crippen LogP contribution in [0.1, 0.15) is 17.5 Å². The van der Waals surface area contributed by atoms with Crippen molar-refractivity contribution in [3.05, 3.63) is 37.4 Å². The largest absolute Gasteiger partial charge is 0.378 e. The topological polar surface area (TPSA) is 33.1 Å². The summed E-state index contributed by atoms with van der Waals surface area (Å²) < 4.78 is 0.771. The molecule has 14 heavy (non-hydrogen) atoms. The van der Waals surface area contributed by atoms with E-state index in [-0.39, 0.29) is 0 Å². The molecule has 0 spiro atoms. The van der Waals surface area contributed by atoms with Gasteiger partial charge in [0, 0.05) is 10.9 Å². The minimum Gasteiger partial charge on any atom is -0.378 e. The highest BCUT2D eigenvalue weighted by Gasteiger charge is 2.29. The van der Waals surface area contributed by atoms with Crippen LogP contribution in [-0.2, 0) is 5.60 Å². The molecule has 0 radical (unpaired) electrons. The van der Waals surface area contributed by atoms with Crippen LogP contribution in [0.25, 0.3) is 0 Å². The molecular weight excluding hydrogens is 282 g/mol. The Morgan fingerprint density at radius 1 is 1.50 bits per heavy atom. The zero-order valence-electron chi connectivity index (χ0n) is 7.40. The van der Waals surface area contributed by atoms with Crippen LogP contribution in [0.5, 0.6) is 0 Å². The van der Waals surface area contributed by atoms with Crippen molar-refractivity contribution in [2.45, 2.75) is 12.5 Å². The van der Waals surface area contributed by atoms with Crippen molar-refractivity contribution in [2.75, 3.05) is 0 Å². The summed E-state index contributed by atoms with van der Waals surface area (Å²) in [6.07, 6.45) is 0. The van der Waals surface area contributed by atoms with Gasteiger partial charge in [0.15, 0.2) is 0 Å². The van der Waals surface area contributed by atoms with E-state index < -0.39 is 5.60 Å². The average molecular weight is 290 g/mol. The number of nitrogens with zero attached hydrogens (tertiary/aromatic N) is 1. The van der Waals surface area contributed by atoms with Crippen molar-refractivity contribution in [2.24, 2.45) is 0 Å². The van der Waals surface area contributed by atoms with Crippen molar-refractivity contribution in [1.29, 1.82) is 0 Å². The highest BCUT2D eigenvalue weighted by molar-refractivity contribution is 9.10. The summed E-state index contributed by atoms with van der Waals surface area (Å²) in [5, 5.41) is 16.8. The standard InChI is InChI=1S/C9H8BrNOS2/c1-9(12,6-2-3-13-4-6)8-11-7(10)5-14-8/h2-5,12H,1H3. The van der Waals surface area contributed by atoms with Crippen molar-refractivity contribution < 1.29 is 5.11 Å². The normalized spacial score (nSPS) is 15.4. The van der Waals surface area contributed by atoms with E-state index in [4.69, 9.17) is 0 Å². The highest BCUT2D eigenvalue weighted by atomic mass is 79.9. The Kier molecular flexibility index (Phi) is 2.74. The number of thiophene rings is 1. The number of aromatic nitrogens is 1. The lowest BCUT2D eigenvalue weighted by Crippen LogP contribution is -2.21. The second-order valence-corrected chi connectivity index (χ2v) is 5.51. The van der Waals surface area contributed by atoms with Crippen molar-refractivity contribution in [1.82, 2.24) is 4.98 Å². The van der Waals surface area contributed by atoms with Crippen molar-refractivity contribution in [3.8, 4) is 0 Å². The van der Waals surface area contributed by atoms with E-state index in [9.17, 15) is 5.11 Å². The minimum absolute atomic E-state index is 0.711. The second kappa shape index (κ2) is 3.73. The molecule has 2 aromatic heterocycles. The van der Waals surface area contributed by atoms with Gasteiger partial charge in [0.05, 0.1) is 0 Å². The summed E-state index contributed by atoms with van der Waals surface area (Å²) in [5.41, 5.74) is -0.0826. The van der Waals surface area contributed by atoms with E-state index in [1.807, 2.05) is 22.2 Å². The maximum Gasteiger partial charge on any atom is 0.139 e. The first-order chi connectivity index (χ1) is 6.60. The molecule has 1 N–H and O–H groups in total. The van der Waals surface area contributed by atoms with Gasteiger partial charge in [0.2, 0.25) is 0 Å². The summed E-state index contributed by atoms with van der Waals surface area (Å²) in [4.78, 5) is 4.23. The molecule has 0 bridgehead atoms. The molecule has 2 nitrogen and oxygen atoms in total. The number of halogens is 1. The maximum absolute atomic E-state index is 10.3. The third kappa shape index (κ3) is 1.77. The van der Waals surface area contributed by atoms with Gasteiger partial charge >= 0.3 is 0 Å². The van der Waals surface area contributed by atoms with Crippen LogP contribution in [0.2, 0.25) is 0 Å². The fourth-order valence-electron chi connectivity index (χ4n) is 1.14. The molecule has 1 unspecified atom stereocenters. The molecule has 1 atom stereocenters. The van der Waals surface area contributed by atoms with Gasteiger partial charge in [0.25, 0.3) is 0 Å². The van der Waals surface area contributed by atoms with E-state index >= 15 is 0 Å². The van der Waals surface area contributed by atoms with Crippen LogP contribution in [0.15, 0.2) is 26.8 Å². The predicted molar refractivity (Wildman–Crippen MR) is 62.8 cm³/mol. The van der Waals surface area contributed by atoms with Crippen molar-refractivity contribution in [3.63, 3.8) is 0 Å². The fraction of sp³-hybridized carbons (Fsp3) is 0.222. The molecular formula is C9H8BrNOS2. The highest BCUT2D eigenvalue weighted by Crippen LogP contribution is 2.33. The predicted octanol–water partition coefficient (Wildman–Crippen LogP) is 3.22. The number of hydrogen-bond acceptors (Lipinski definition) is 4. The molecule has 0 aliphatic rings. The van der Waals surface area contributed by atoms with Gasteiger partial charge in [-0.2, -0.15) is 11.3 Å². The van der Waals surface area contributed by atoms with E-state index in [1.54, 1.807) is 18.3 Å². The molecule has 2 aromatic rings. The van der Waals surface area contributed by atoms with Crippen LogP contribution >= 0.6 is 38.6 Å². The van der Waals surface area contributed by atoms with Gasteiger partial charge in [-0.15, -0.1) is 11.3 Å². The van der Waals surface area contributed by atoms with Gasteiger partial charge in [-0.05, 0) is 39.7 Å². The zero-order valence-corrected chi connectivity index (χ0v) is 10.6. The molecule has 0 aliphatic carbocycles. The lowest BCUT2D eigenvalue weighted by atomic mass is 10.0. The lowest BCUT2D eigenvalue weighted by molar-refractivity contribution is 0.102. The van der Waals surface area contributed by atoms with Gasteiger partial charge in [-0.1, -0.05) is 0 Å². The number of thiazole rings is 1. The van der Waals surface area contributed by atoms with Gasteiger partial charge in [0.1, 0.15) is 15.2 Å². The Labute approximate surface area is 98.4 Å². The summed E-state index contributed by atoms with van der Waals surface area (Å²) in [6, 6.07) is 1.92. The maximum atomic E-state index is 10.3. The van der Waals surface area contributed by atoms with E-state index in [2.05, 4.69) is 20.9 Å². The molecule has 74 valence electrons. The summed E-state index contributed by atoms with van der Waals surface area (Å²) in [5.74, 6) is 0. The first-order valence-electron chi connectivity index (χ1n) is 3.97. The smallest absolute Gasteiger partial charge is 0.139 e. The Morgan fingerprint density at radius 2 is 2.29 bits per heavy atom. The van der Waals surface area contributed by atoms with Crippen LogP contribution in [0.3, 0.4) is 0 Å². The molecule has 0 amide bonds. The molecule has 0 fully saturated rings. The summed E-state index contributed by atoms with van der Waals surface area (Å²) in [7, 11) is 0. The monoisotopic (exact) mass is 289 g/mol. The molecule has 2 rings (SSSR count). The van der Waals surface area contributed by atoms with Crippen LogP contribution in [0, 0.1) is 0 Å². The first-order valence-corrected chi connectivity index (χ1v) is 6.59. The van der Waals surface area contributed by atoms with Crippen molar-refractivity contribution >= 4 is 38.6 Å². The first kappa shape index (κ1) is 10.3. The van der Waals surface area contributed by atoms with E-state index in [0.29, 0.717) is 5.01 Å². The Balaban J connectivity index is 2.42.